The van der Waals surface area contributed by atoms with E-state index >= 15 is 0 Å². The summed E-state index contributed by atoms with van der Waals surface area (Å²) >= 11 is 3.39. The first-order valence-corrected chi connectivity index (χ1v) is 9.74. The van der Waals surface area contributed by atoms with Gasteiger partial charge in [-0.2, -0.15) is 0 Å². The molecule has 6 nitrogen and oxygen atoms in total. The topological polar surface area (TPSA) is 76.1 Å². The average molecular weight is 448 g/mol. The maximum Gasteiger partial charge on any atom is 0.264 e. The number of rotatable bonds is 7. The van der Waals surface area contributed by atoms with Gasteiger partial charge < -0.3 is 19.5 Å². The summed E-state index contributed by atoms with van der Waals surface area (Å²) in [5.74, 6) is -0.0436. The Morgan fingerprint density at radius 3 is 2.57 bits per heavy atom. The lowest BCUT2D eigenvalue weighted by Gasteiger charge is -2.23. The summed E-state index contributed by atoms with van der Waals surface area (Å²) in [4.78, 5) is 27.7. The van der Waals surface area contributed by atoms with Crippen LogP contribution < -0.4 is 14.4 Å². The minimum absolute atomic E-state index is 0.258. The van der Waals surface area contributed by atoms with E-state index in [0.29, 0.717) is 29.3 Å². The fourth-order valence-electron chi connectivity index (χ4n) is 3.50. The molecule has 1 aliphatic rings. The van der Waals surface area contributed by atoms with Crippen molar-refractivity contribution < 1.29 is 24.2 Å². The molecule has 0 bridgehead atoms. The van der Waals surface area contributed by atoms with Crippen molar-refractivity contribution in [3.8, 4) is 11.5 Å². The quantitative estimate of drug-likeness (QED) is 0.655. The lowest BCUT2D eigenvalue weighted by Crippen LogP contribution is -2.42. The van der Waals surface area contributed by atoms with Gasteiger partial charge in [0.15, 0.2) is 11.4 Å². The second kappa shape index (κ2) is 7.93. The number of ketones is 1. The van der Waals surface area contributed by atoms with Gasteiger partial charge in [0.05, 0.1) is 31.9 Å². The van der Waals surface area contributed by atoms with Gasteiger partial charge in [0.1, 0.15) is 11.5 Å². The van der Waals surface area contributed by atoms with Crippen LogP contribution in [0.4, 0.5) is 5.69 Å². The minimum Gasteiger partial charge on any atom is -0.497 e. The fourth-order valence-corrected chi connectivity index (χ4v) is 3.86. The SMILES string of the molecule is CCCN1C(=O)C(O)(CC(=O)c2cc(OC)ccc2OC)c2cc(Br)ccc21. The number of benzene rings is 2. The molecule has 0 fully saturated rings. The van der Waals surface area contributed by atoms with Crippen LogP contribution in [0.1, 0.15) is 35.7 Å². The van der Waals surface area contributed by atoms with Crippen molar-refractivity contribution in [3.05, 3.63) is 52.0 Å². The molecule has 0 radical (unpaired) electrons. The summed E-state index contributed by atoms with van der Waals surface area (Å²) in [5.41, 5.74) is -0.619. The molecule has 2 aromatic rings. The molecule has 2 aromatic carbocycles. The first-order chi connectivity index (χ1) is 13.3. The molecule has 0 saturated heterocycles. The maximum atomic E-state index is 13.1. The van der Waals surface area contributed by atoms with Gasteiger partial charge in [0.2, 0.25) is 0 Å². The van der Waals surface area contributed by atoms with E-state index in [1.807, 2.05) is 13.0 Å². The molecule has 0 aliphatic carbocycles. The number of carbonyl (C=O) groups excluding carboxylic acids is 2. The molecule has 1 N–H and O–H groups in total. The molecule has 1 heterocycles. The summed E-state index contributed by atoms with van der Waals surface area (Å²) in [6.07, 6.45) is 0.341. The number of amides is 1. The highest BCUT2D eigenvalue weighted by molar-refractivity contribution is 9.10. The summed E-state index contributed by atoms with van der Waals surface area (Å²) in [6.45, 7) is 2.42. The summed E-state index contributed by atoms with van der Waals surface area (Å²) < 4.78 is 11.2. The molecule has 1 unspecified atom stereocenters. The Kier molecular flexibility index (Phi) is 5.76. The second-order valence-corrected chi connectivity index (χ2v) is 7.56. The fraction of sp³-hybridized carbons (Fsp3) is 0.333. The van der Waals surface area contributed by atoms with E-state index in [1.54, 1.807) is 30.3 Å². The summed E-state index contributed by atoms with van der Waals surface area (Å²) in [6, 6.07) is 10.1. The first-order valence-electron chi connectivity index (χ1n) is 8.95. The molecule has 3 rings (SSSR count). The van der Waals surface area contributed by atoms with Crippen molar-refractivity contribution in [2.24, 2.45) is 0 Å². The lowest BCUT2D eigenvalue weighted by atomic mass is 9.88. The van der Waals surface area contributed by atoms with Crippen molar-refractivity contribution in [2.75, 3.05) is 25.7 Å². The number of ether oxygens (including phenoxy) is 2. The maximum absolute atomic E-state index is 13.1. The number of hydrogen-bond acceptors (Lipinski definition) is 5. The predicted octanol–water partition coefficient (Wildman–Crippen LogP) is 3.68. The average Bonchev–Trinajstić information content (AvgIpc) is 2.89. The number of fused-ring (bicyclic) bond motifs is 1. The van der Waals surface area contributed by atoms with Gasteiger partial charge in [-0.25, -0.2) is 0 Å². The van der Waals surface area contributed by atoms with Gasteiger partial charge in [0.25, 0.3) is 5.91 Å². The summed E-state index contributed by atoms with van der Waals surface area (Å²) in [5, 5.41) is 11.4. The number of hydrogen-bond donors (Lipinski definition) is 1. The Morgan fingerprint density at radius 1 is 1.18 bits per heavy atom. The number of methoxy groups -OCH3 is 2. The molecule has 1 aliphatic heterocycles. The zero-order chi connectivity index (χ0) is 20.5. The van der Waals surface area contributed by atoms with Crippen LogP contribution in [-0.4, -0.2) is 37.6 Å². The highest BCUT2D eigenvalue weighted by atomic mass is 79.9. The van der Waals surface area contributed by atoms with E-state index < -0.39 is 17.3 Å². The van der Waals surface area contributed by atoms with E-state index in [-0.39, 0.29) is 12.0 Å². The zero-order valence-corrected chi connectivity index (χ0v) is 17.6. The van der Waals surface area contributed by atoms with E-state index in [1.165, 1.54) is 19.1 Å². The number of carbonyl (C=O) groups is 2. The number of aliphatic hydroxyl groups is 1. The Labute approximate surface area is 172 Å². The van der Waals surface area contributed by atoms with Gasteiger partial charge in [-0.1, -0.05) is 22.9 Å². The largest absolute Gasteiger partial charge is 0.497 e. The first kappa shape index (κ1) is 20.4. The molecular weight excluding hydrogens is 426 g/mol. The van der Waals surface area contributed by atoms with E-state index in [2.05, 4.69) is 15.9 Å². The van der Waals surface area contributed by atoms with Crippen molar-refractivity contribution in [1.29, 1.82) is 0 Å². The number of Topliss-reactive ketones (excluding diaryl/α,β-unsaturated/α-hetero) is 1. The normalized spacial score (nSPS) is 18.2. The van der Waals surface area contributed by atoms with Crippen LogP contribution >= 0.6 is 15.9 Å². The third-order valence-corrected chi connectivity index (χ3v) is 5.36. The summed E-state index contributed by atoms with van der Waals surface area (Å²) in [7, 11) is 2.96. The number of anilines is 1. The highest BCUT2D eigenvalue weighted by Gasteiger charge is 2.51. The molecule has 148 valence electrons. The van der Waals surface area contributed by atoms with Gasteiger partial charge in [-0.3, -0.25) is 9.59 Å². The Balaban J connectivity index is 2.03. The molecule has 0 saturated carbocycles. The monoisotopic (exact) mass is 447 g/mol. The molecule has 0 spiro atoms. The molecule has 7 heteroatoms. The van der Waals surface area contributed by atoms with Gasteiger partial charge in [0, 0.05) is 16.6 Å². The third kappa shape index (κ3) is 3.40. The van der Waals surface area contributed by atoms with Crippen LogP contribution in [0.15, 0.2) is 40.9 Å². The Bertz CT molecular complexity index is 929. The van der Waals surface area contributed by atoms with E-state index in [0.717, 1.165) is 10.9 Å². The van der Waals surface area contributed by atoms with Crippen LogP contribution in [0.25, 0.3) is 0 Å². The van der Waals surface area contributed by atoms with Crippen molar-refractivity contribution in [3.63, 3.8) is 0 Å². The van der Waals surface area contributed by atoms with Crippen molar-refractivity contribution >= 4 is 33.3 Å². The van der Waals surface area contributed by atoms with Crippen LogP contribution in [-0.2, 0) is 10.4 Å². The smallest absolute Gasteiger partial charge is 0.264 e. The van der Waals surface area contributed by atoms with Crippen LogP contribution in [0.3, 0.4) is 0 Å². The molecule has 1 atom stereocenters. The number of halogens is 1. The van der Waals surface area contributed by atoms with Crippen molar-refractivity contribution in [2.45, 2.75) is 25.4 Å². The standard InChI is InChI=1S/C21H22BrNO5/c1-4-9-23-17-7-5-13(22)10-16(17)21(26,20(23)25)12-18(24)15-11-14(27-2)6-8-19(15)28-3/h5-8,10-11,26H,4,9,12H2,1-3H3. The lowest BCUT2D eigenvalue weighted by molar-refractivity contribution is -0.135. The Morgan fingerprint density at radius 2 is 1.93 bits per heavy atom. The van der Waals surface area contributed by atoms with Gasteiger partial charge in [-0.15, -0.1) is 0 Å². The molecular formula is C21H22BrNO5. The third-order valence-electron chi connectivity index (χ3n) is 4.86. The number of nitrogens with zero attached hydrogens (tertiary/aromatic N) is 1. The van der Waals surface area contributed by atoms with Crippen LogP contribution in [0.2, 0.25) is 0 Å². The Hall–Kier alpha value is -2.38. The molecule has 1 amide bonds. The van der Waals surface area contributed by atoms with Gasteiger partial charge in [-0.05, 0) is 42.8 Å². The highest BCUT2D eigenvalue weighted by Crippen LogP contribution is 2.44. The van der Waals surface area contributed by atoms with Crippen molar-refractivity contribution in [1.82, 2.24) is 0 Å². The van der Waals surface area contributed by atoms with Crippen LogP contribution in [0.5, 0.6) is 11.5 Å². The van der Waals surface area contributed by atoms with E-state index in [9.17, 15) is 14.7 Å². The molecule has 28 heavy (non-hydrogen) atoms. The predicted molar refractivity (Wildman–Crippen MR) is 109 cm³/mol. The zero-order valence-electron chi connectivity index (χ0n) is 16.0. The van der Waals surface area contributed by atoms with Gasteiger partial charge >= 0.3 is 0 Å². The minimum atomic E-state index is -1.93. The van der Waals surface area contributed by atoms with Crippen LogP contribution in [0, 0.1) is 0 Å². The molecule has 0 aromatic heterocycles. The second-order valence-electron chi connectivity index (χ2n) is 6.64. The van der Waals surface area contributed by atoms with E-state index in [4.69, 9.17) is 9.47 Å².